The van der Waals surface area contributed by atoms with Gasteiger partial charge in [0.15, 0.2) is 0 Å². The smallest absolute Gasteiger partial charge is 0.262 e. The van der Waals surface area contributed by atoms with Gasteiger partial charge in [-0.3, -0.25) is 4.72 Å². The lowest BCUT2D eigenvalue weighted by atomic mass is 10.2. The fourth-order valence-electron chi connectivity index (χ4n) is 1.65. The molecule has 0 saturated carbocycles. The summed E-state index contributed by atoms with van der Waals surface area (Å²) in [4.78, 5) is 0.169. The molecule has 0 bridgehead atoms. The average molecular weight is 297 g/mol. The van der Waals surface area contributed by atoms with E-state index in [1.165, 1.54) is 6.07 Å². The van der Waals surface area contributed by atoms with Crippen molar-refractivity contribution in [2.24, 2.45) is 0 Å². The van der Waals surface area contributed by atoms with Gasteiger partial charge in [0.25, 0.3) is 10.0 Å². The van der Waals surface area contributed by atoms with E-state index in [0.717, 1.165) is 0 Å². The van der Waals surface area contributed by atoms with Crippen LogP contribution >= 0.6 is 11.6 Å². The number of benzene rings is 2. The molecule has 6 heteroatoms. The molecular formula is C13H13ClN2O2S. The predicted molar refractivity (Wildman–Crippen MR) is 77.9 cm³/mol. The van der Waals surface area contributed by atoms with Crippen molar-refractivity contribution >= 4 is 33.0 Å². The van der Waals surface area contributed by atoms with Crippen LogP contribution in [0.25, 0.3) is 0 Å². The minimum Gasteiger partial charge on any atom is -0.398 e. The quantitative estimate of drug-likeness (QED) is 0.855. The molecule has 4 nitrogen and oxygen atoms in total. The Bertz CT molecular complexity index is 697. The molecule has 0 atom stereocenters. The van der Waals surface area contributed by atoms with Crippen LogP contribution in [0.4, 0.5) is 11.4 Å². The number of nitrogens with two attached hydrogens (primary N) is 1. The van der Waals surface area contributed by atoms with Gasteiger partial charge >= 0.3 is 0 Å². The Balaban J connectivity index is 2.38. The summed E-state index contributed by atoms with van der Waals surface area (Å²) in [5.41, 5.74) is 7.15. The van der Waals surface area contributed by atoms with Gasteiger partial charge in [0, 0.05) is 16.4 Å². The summed E-state index contributed by atoms with van der Waals surface area (Å²) in [7, 11) is -3.65. The van der Waals surface area contributed by atoms with Crippen LogP contribution in [-0.2, 0) is 10.0 Å². The summed E-state index contributed by atoms with van der Waals surface area (Å²) in [5, 5.41) is 0.545. The molecule has 0 spiro atoms. The molecule has 0 saturated heterocycles. The number of halogens is 1. The summed E-state index contributed by atoms with van der Waals surface area (Å²) in [6, 6.07) is 11.2. The zero-order chi connectivity index (χ0) is 14.0. The van der Waals surface area contributed by atoms with Crippen LogP contribution < -0.4 is 10.5 Å². The number of nitrogen functional groups attached to an aromatic ring is 1. The van der Waals surface area contributed by atoms with E-state index in [9.17, 15) is 8.42 Å². The third-order valence-electron chi connectivity index (χ3n) is 2.71. The van der Waals surface area contributed by atoms with Gasteiger partial charge in [-0.05, 0) is 48.9 Å². The lowest BCUT2D eigenvalue weighted by Gasteiger charge is -2.11. The van der Waals surface area contributed by atoms with Gasteiger partial charge in [-0.15, -0.1) is 0 Å². The van der Waals surface area contributed by atoms with E-state index in [2.05, 4.69) is 4.72 Å². The highest BCUT2D eigenvalue weighted by molar-refractivity contribution is 7.92. The van der Waals surface area contributed by atoms with Gasteiger partial charge in [0.1, 0.15) is 0 Å². The molecule has 3 N–H and O–H groups in total. The highest BCUT2D eigenvalue weighted by Gasteiger charge is 2.17. The fraction of sp³-hybridized carbons (Fsp3) is 0.0769. The third-order valence-corrected chi connectivity index (χ3v) is 4.49. The third kappa shape index (κ3) is 3.00. The van der Waals surface area contributed by atoms with Crippen molar-refractivity contribution in [3.63, 3.8) is 0 Å². The topological polar surface area (TPSA) is 72.2 Å². The Labute approximate surface area is 117 Å². The minimum atomic E-state index is -3.65. The summed E-state index contributed by atoms with van der Waals surface area (Å²) in [6.07, 6.45) is 0. The number of hydrogen-bond acceptors (Lipinski definition) is 3. The maximum atomic E-state index is 12.3. The molecule has 0 amide bonds. The second kappa shape index (κ2) is 5.11. The van der Waals surface area contributed by atoms with Crippen molar-refractivity contribution in [1.82, 2.24) is 0 Å². The van der Waals surface area contributed by atoms with Crippen molar-refractivity contribution in [1.29, 1.82) is 0 Å². The van der Waals surface area contributed by atoms with E-state index in [4.69, 9.17) is 17.3 Å². The minimum absolute atomic E-state index is 0.169. The van der Waals surface area contributed by atoms with Crippen molar-refractivity contribution < 1.29 is 8.42 Å². The first kappa shape index (κ1) is 13.7. The first-order valence-electron chi connectivity index (χ1n) is 5.53. The number of anilines is 2. The maximum Gasteiger partial charge on any atom is 0.262 e. The van der Waals surface area contributed by atoms with Gasteiger partial charge in [0.2, 0.25) is 0 Å². The molecule has 0 aromatic heterocycles. The molecule has 0 aliphatic carbocycles. The van der Waals surface area contributed by atoms with Crippen LogP contribution in [0.1, 0.15) is 5.56 Å². The van der Waals surface area contributed by atoms with E-state index in [0.29, 0.717) is 22.0 Å². The summed E-state index contributed by atoms with van der Waals surface area (Å²) in [6.45, 7) is 1.67. The van der Waals surface area contributed by atoms with Gasteiger partial charge in [-0.25, -0.2) is 8.42 Å². The predicted octanol–water partition coefficient (Wildman–Crippen LogP) is 3.03. The Kier molecular flexibility index (Phi) is 3.68. The van der Waals surface area contributed by atoms with E-state index in [1.54, 1.807) is 43.3 Å². The zero-order valence-electron chi connectivity index (χ0n) is 10.2. The molecular weight excluding hydrogens is 284 g/mol. The van der Waals surface area contributed by atoms with E-state index >= 15 is 0 Å². The lowest BCUT2D eigenvalue weighted by molar-refractivity contribution is 0.600. The molecule has 0 fully saturated rings. The van der Waals surface area contributed by atoms with Crippen LogP contribution in [0.15, 0.2) is 47.4 Å². The average Bonchev–Trinajstić information content (AvgIpc) is 2.35. The largest absolute Gasteiger partial charge is 0.398 e. The standard InChI is InChI=1S/C13H13ClN2O2S/c1-9-12(15)3-2-4-13(9)19(17,18)16-11-7-5-10(14)6-8-11/h2-8,16H,15H2,1H3. The van der Waals surface area contributed by atoms with Crippen LogP contribution in [0.5, 0.6) is 0 Å². The van der Waals surface area contributed by atoms with E-state index < -0.39 is 10.0 Å². The first-order chi connectivity index (χ1) is 8.90. The molecule has 100 valence electrons. The van der Waals surface area contributed by atoms with Gasteiger partial charge in [0.05, 0.1) is 4.90 Å². The molecule has 0 aliphatic heterocycles. The molecule has 0 aliphatic rings. The van der Waals surface area contributed by atoms with Crippen molar-refractivity contribution in [3.8, 4) is 0 Å². The lowest BCUT2D eigenvalue weighted by Crippen LogP contribution is -2.14. The number of rotatable bonds is 3. The highest BCUT2D eigenvalue weighted by atomic mass is 35.5. The Morgan fingerprint density at radius 3 is 2.37 bits per heavy atom. The van der Waals surface area contributed by atoms with Crippen LogP contribution in [0, 0.1) is 6.92 Å². The summed E-state index contributed by atoms with van der Waals surface area (Å²) >= 11 is 5.75. The van der Waals surface area contributed by atoms with Crippen molar-refractivity contribution in [2.45, 2.75) is 11.8 Å². The molecule has 0 unspecified atom stereocenters. The Hall–Kier alpha value is -1.72. The number of sulfonamides is 1. The number of nitrogens with one attached hydrogen (secondary N) is 1. The molecule has 19 heavy (non-hydrogen) atoms. The van der Waals surface area contributed by atoms with Crippen LogP contribution in [-0.4, -0.2) is 8.42 Å². The van der Waals surface area contributed by atoms with Crippen LogP contribution in [0.3, 0.4) is 0 Å². The Morgan fingerprint density at radius 2 is 1.74 bits per heavy atom. The summed E-state index contributed by atoms with van der Waals surface area (Å²) < 4.78 is 27.0. The zero-order valence-corrected chi connectivity index (χ0v) is 11.8. The highest BCUT2D eigenvalue weighted by Crippen LogP contribution is 2.23. The fourth-order valence-corrected chi connectivity index (χ4v) is 3.11. The number of hydrogen-bond donors (Lipinski definition) is 2. The van der Waals surface area contributed by atoms with Gasteiger partial charge in [-0.1, -0.05) is 17.7 Å². The van der Waals surface area contributed by atoms with E-state index in [-0.39, 0.29) is 4.90 Å². The molecule has 0 heterocycles. The van der Waals surface area contributed by atoms with Crippen LogP contribution in [0.2, 0.25) is 5.02 Å². The SMILES string of the molecule is Cc1c(N)cccc1S(=O)(=O)Nc1ccc(Cl)cc1. The normalized spacial score (nSPS) is 11.3. The van der Waals surface area contributed by atoms with Crippen molar-refractivity contribution in [2.75, 3.05) is 10.5 Å². The monoisotopic (exact) mass is 296 g/mol. The second-order valence-electron chi connectivity index (χ2n) is 4.08. The van der Waals surface area contributed by atoms with Gasteiger partial charge in [-0.2, -0.15) is 0 Å². The molecule has 2 rings (SSSR count). The molecule has 2 aromatic carbocycles. The maximum absolute atomic E-state index is 12.3. The van der Waals surface area contributed by atoms with Gasteiger partial charge < -0.3 is 5.73 Å². The van der Waals surface area contributed by atoms with Crippen molar-refractivity contribution in [3.05, 3.63) is 53.1 Å². The first-order valence-corrected chi connectivity index (χ1v) is 7.40. The molecule has 2 aromatic rings. The van der Waals surface area contributed by atoms with E-state index in [1.807, 2.05) is 0 Å². The Morgan fingerprint density at radius 1 is 1.11 bits per heavy atom. The second-order valence-corrected chi connectivity index (χ2v) is 6.17. The molecule has 0 radical (unpaired) electrons. The summed E-state index contributed by atoms with van der Waals surface area (Å²) in [5.74, 6) is 0.